The van der Waals surface area contributed by atoms with Crippen LogP contribution >= 0.6 is 11.8 Å². The zero-order chi connectivity index (χ0) is 18.9. The molecule has 1 unspecified atom stereocenters. The van der Waals surface area contributed by atoms with Gasteiger partial charge in [0.05, 0.1) is 22.8 Å². The van der Waals surface area contributed by atoms with Crippen LogP contribution in [0.15, 0.2) is 29.7 Å². The van der Waals surface area contributed by atoms with Crippen molar-refractivity contribution < 1.29 is 13.2 Å². The van der Waals surface area contributed by atoms with E-state index in [-0.39, 0.29) is 23.2 Å². The number of rotatable bonds is 5. The van der Waals surface area contributed by atoms with Crippen molar-refractivity contribution in [2.45, 2.75) is 37.9 Å². The van der Waals surface area contributed by atoms with Gasteiger partial charge in [0, 0.05) is 5.69 Å². The van der Waals surface area contributed by atoms with Crippen LogP contribution in [-0.2, 0) is 14.6 Å². The van der Waals surface area contributed by atoms with Gasteiger partial charge in [-0.25, -0.2) is 8.42 Å². The van der Waals surface area contributed by atoms with Crippen LogP contribution in [0.4, 0.5) is 0 Å². The van der Waals surface area contributed by atoms with E-state index in [9.17, 15) is 13.2 Å². The molecule has 0 spiro atoms. The molecular weight excluding hydrogens is 372 g/mol. The molecular formula is C17H22N4O3S2. The first kappa shape index (κ1) is 18.9. The Morgan fingerprint density at radius 2 is 2.12 bits per heavy atom. The number of sulfone groups is 1. The summed E-state index contributed by atoms with van der Waals surface area (Å²) in [5.74, 6) is 0.0659. The first-order valence-corrected chi connectivity index (χ1v) is 11.1. The average molecular weight is 395 g/mol. The van der Waals surface area contributed by atoms with E-state index in [1.165, 1.54) is 22.9 Å². The number of amides is 1. The normalized spacial score (nSPS) is 21.7. The number of nitrogens with one attached hydrogen (secondary N) is 1. The Morgan fingerprint density at radius 1 is 1.35 bits per heavy atom. The standard InChI is InChI=1S/C17H22N4O3S2/c1-12-4-5-14(8-13(12)2)21-11-18-20-16(21)25-9-15(22)19-17(3)6-7-26(23,24)10-17/h4-5,8,11H,6-7,9-10H2,1-3H3,(H,19,22). The molecule has 1 aliphatic heterocycles. The monoisotopic (exact) mass is 394 g/mol. The number of carbonyl (C=O) groups excluding carboxylic acids is 1. The molecule has 2 heterocycles. The topological polar surface area (TPSA) is 93.9 Å². The molecule has 1 aliphatic rings. The lowest BCUT2D eigenvalue weighted by molar-refractivity contribution is -0.120. The molecule has 26 heavy (non-hydrogen) atoms. The SMILES string of the molecule is Cc1ccc(-n2cnnc2SCC(=O)NC2(C)CCS(=O)(=O)C2)cc1C. The van der Waals surface area contributed by atoms with Crippen LogP contribution in [-0.4, -0.2) is 51.9 Å². The molecule has 1 amide bonds. The van der Waals surface area contributed by atoms with E-state index in [0.717, 1.165) is 5.69 Å². The van der Waals surface area contributed by atoms with Crippen LogP contribution < -0.4 is 5.32 Å². The highest BCUT2D eigenvalue weighted by Crippen LogP contribution is 2.24. The molecule has 1 aromatic carbocycles. The Labute approximate surface area is 157 Å². The largest absolute Gasteiger partial charge is 0.349 e. The minimum absolute atomic E-state index is 0.00473. The van der Waals surface area contributed by atoms with Crippen molar-refractivity contribution in [3.8, 4) is 5.69 Å². The quantitative estimate of drug-likeness (QED) is 0.776. The first-order valence-electron chi connectivity index (χ1n) is 8.29. The molecule has 3 rings (SSSR count). The molecule has 140 valence electrons. The number of hydrogen-bond acceptors (Lipinski definition) is 6. The fourth-order valence-corrected chi connectivity index (χ4v) is 5.81. The zero-order valence-electron chi connectivity index (χ0n) is 15.0. The van der Waals surface area contributed by atoms with Gasteiger partial charge in [-0.1, -0.05) is 17.8 Å². The van der Waals surface area contributed by atoms with Gasteiger partial charge in [-0.05, 0) is 50.5 Å². The van der Waals surface area contributed by atoms with Gasteiger partial charge in [-0.3, -0.25) is 9.36 Å². The molecule has 2 aromatic rings. The Hall–Kier alpha value is -1.87. The molecule has 0 radical (unpaired) electrons. The van der Waals surface area contributed by atoms with Crippen molar-refractivity contribution in [3.05, 3.63) is 35.7 Å². The molecule has 1 atom stereocenters. The number of aryl methyl sites for hydroxylation is 2. The third-order valence-electron chi connectivity index (χ3n) is 4.56. The molecule has 7 nitrogen and oxygen atoms in total. The zero-order valence-corrected chi connectivity index (χ0v) is 16.7. The van der Waals surface area contributed by atoms with Gasteiger partial charge in [0.1, 0.15) is 6.33 Å². The Kier molecular flexibility index (Phi) is 5.12. The summed E-state index contributed by atoms with van der Waals surface area (Å²) in [5.41, 5.74) is 2.63. The third-order valence-corrected chi connectivity index (χ3v) is 7.41. The summed E-state index contributed by atoms with van der Waals surface area (Å²) in [5, 5.41) is 11.5. The highest BCUT2D eigenvalue weighted by Gasteiger charge is 2.39. The molecule has 1 N–H and O–H groups in total. The van der Waals surface area contributed by atoms with Crippen molar-refractivity contribution in [2.75, 3.05) is 17.3 Å². The summed E-state index contributed by atoms with van der Waals surface area (Å²) < 4.78 is 25.1. The molecule has 0 bridgehead atoms. The molecule has 1 aromatic heterocycles. The second-order valence-corrected chi connectivity index (χ2v) is 10.1. The Balaban J connectivity index is 1.65. The highest BCUT2D eigenvalue weighted by atomic mass is 32.2. The van der Waals surface area contributed by atoms with Crippen LogP contribution in [0.2, 0.25) is 0 Å². The van der Waals surface area contributed by atoms with Crippen molar-refractivity contribution >= 4 is 27.5 Å². The number of nitrogens with zero attached hydrogens (tertiary/aromatic N) is 3. The smallest absolute Gasteiger partial charge is 0.230 e. The van der Waals surface area contributed by atoms with E-state index in [1.54, 1.807) is 13.3 Å². The lowest BCUT2D eigenvalue weighted by Crippen LogP contribution is -2.47. The second-order valence-electron chi connectivity index (χ2n) is 6.99. The maximum Gasteiger partial charge on any atom is 0.230 e. The van der Waals surface area contributed by atoms with E-state index in [0.29, 0.717) is 11.6 Å². The number of benzene rings is 1. The van der Waals surface area contributed by atoms with Crippen LogP contribution in [0.1, 0.15) is 24.5 Å². The van der Waals surface area contributed by atoms with Gasteiger partial charge in [0.2, 0.25) is 5.91 Å². The van der Waals surface area contributed by atoms with E-state index in [2.05, 4.69) is 22.4 Å². The summed E-state index contributed by atoms with van der Waals surface area (Å²) in [6, 6.07) is 6.07. The minimum atomic E-state index is -3.06. The number of carbonyl (C=O) groups is 1. The average Bonchev–Trinajstić information content (AvgIpc) is 3.12. The highest BCUT2D eigenvalue weighted by molar-refractivity contribution is 7.99. The van der Waals surface area contributed by atoms with Gasteiger partial charge in [0.15, 0.2) is 15.0 Å². The summed E-state index contributed by atoms with van der Waals surface area (Å²) in [6.07, 6.45) is 2.07. The number of aromatic nitrogens is 3. The molecule has 1 fully saturated rings. The minimum Gasteiger partial charge on any atom is -0.349 e. The second kappa shape index (κ2) is 7.03. The van der Waals surface area contributed by atoms with E-state index in [1.807, 2.05) is 29.7 Å². The Morgan fingerprint density at radius 3 is 2.77 bits per heavy atom. The van der Waals surface area contributed by atoms with Crippen molar-refractivity contribution in [1.29, 1.82) is 0 Å². The molecule has 0 saturated carbocycles. The summed E-state index contributed by atoms with van der Waals surface area (Å²) >= 11 is 1.28. The van der Waals surface area contributed by atoms with Gasteiger partial charge in [-0.15, -0.1) is 10.2 Å². The van der Waals surface area contributed by atoms with E-state index >= 15 is 0 Å². The molecule has 1 saturated heterocycles. The fraction of sp³-hybridized carbons (Fsp3) is 0.471. The van der Waals surface area contributed by atoms with Crippen molar-refractivity contribution in [1.82, 2.24) is 20.1 Å². The molecule has 9 heteroatoms. The Bertz CT molecular complexity index is 939. The lowest BCUT2D eigenvalue weighted by atomic mass is 10.0. The van der Waals surface area contributed by atoms with Gasteiger partial charge >= 0.3 is 0 Å². The maximum absolute atomic E-state index is 12.3. The molecule has 0 aliphatic carbocycles. The van der Waals surface area contributed by atoms with Crippen LogP contribution in [0.25, 0.3) is 5.69 Å². The maximum atomic E-state index is 12.3. The third kappa shape index (κ3) is 4.27. The predicted molar refractivity (Wildman–Crippen MR) is 101 cm³/mol. The van der Waals surface area contributed by atoms with Gasteiger partial charge < -0.3 is 5.32 Å². The summed E-state index contributed by atoms with van der Waals surface area (Å²) in [4.78, 5) is 12.3. The van der Waals surface area contributed by atoms with Crippen molar-refractivity contribution in [2.24, 2.45) is 0 Å². The van der Waals surface area contributed by atoms with Crippen LogP contribution in [0, 0.1) is 13.8 Å². The predicted octanol–water partition coefficient (Wildman–Crippen LogP) is 1.67. The summed E-state index contributed by atoms with van der Waals surface area (Å²) in [6.45, 7) is 5.87. The number of hydrogen-bond donors (Lipinski definition) is 1. The number of thioether (sulfide) groups is 1. The van der Waals surface area contributed by atoms with Gasteiger partial charge in [-0.2, -0.15) is 0 Å². The van der Waals surface area contributed by atoms with Gasteiger partial charge in [0.25, 0.3) is 0 Å². The van der Waals surface area contributed by atoms with E-state index < -0.39 is 15.4 Å². The van der Waals surface area contributed by atoms with Crippen LogP contribution in [0.3, 0.4) is 0 Å². The van der Waals surface area contributed by atoms with Crippen molar-refractivity contribution in [3.63, 3.8) is 0 Å². The first-order chi connectivity index (χ1) is 12.2. The fourth-order valence-electron chi connectivity index (χ4n) is 2.99. The summed E-state index contributed by atoms with van der Waals surface area (Å²) in [7, 11) is -3.06. The lowest BCUT2D eigenvalue weighted by Gasteiger charge is -2.23. The van der Waals surface area contributed by atoms with E-state index in [4.69, 9.17) is 0 Å². The van der Waals surface area contributed by atoms with Crippen LogP contribution in [0.5, 0.6) is 0 Å².